The van der Waals surface area contributed by atoms with Gasteiger partial charge in [-0.25, -0.2) is 4.98 Å². The Labute approximate surface area is 95.8 Å². The monoisotopic (exact) mass is 236 g/mol. The first-order valence-electron chi connectivity index (χ1n) is 4.83. The molecular weight excluding hydrogens is 224 g/mol. The van der Waals surface area contributed by atoms with Crippen molar-refractivity contribution in [3.8, 4) is 0 Å². The highest BCUT2D eigenvalue weighted by Crippen LogP contribution is 2.12. The molecule has 2 N–H and O–H groups in total. The molecule has 0 aliphatic carbocycles. The Kier molecular flexibility index (Phi) is 3.31. The third kappa shape index (κ3) is 2.46. The van der Waals surface area contributed by atoms with Gasteiger partial charge in [-0.05, 0) is 18.2 Å². The van der Waals surface area contributed by atoms with Crippen molar-refractivity contribution in [3.05, 3.63) is 36.8 Å². The predicted molar refractivity (Wildman–Crippen MR) is 62.2 cm³/mol. The third-order valence-corrected chi connectivity index (χ3v) is 3.41. The first-order valence-corrected chi connectivity index (χ1v) is 6.15. The lowest BCUT2D eigenvalue weighted by Gasteiger charge is -2.04. The van der Waals surface area contributed by atoms with E-state index in [0.717, 1.165) is 0 Å². The molecule has 6 heteroatoms. The molecule has 0 saturated carbocycles. The number of nitrogen functional groups attached to an aromatic ring is 1. The number of nitrogens with zero attached hydrogens (tertiary/aromatic N) is 3. The van der Waals surface area contributed by atoms with Gasteiger partial charge in [0.2, 0.25) is 0 Å². The number of aromatic nitrogens is 3. The Balaban J connectivity index is 2.01. The standard InChI is InChI=1S/C10H12N4OS/c11-9-3-1-4-12-10(9)16(15)8-7-14-6-2-5-13-14/h1-6H,7-8,11H2. The van der Waals surface area contributed by atoms with E-state index in [1.807, 2.05) is 12.3 Å². The van der Waals surface area contributed by atoms with Gasteiger partial charge in [-0.2, -0.15) is 5.10 Å². The topological polar surface area (TPSA) is 73.8 Å². The molecule has 0 aliphatic rings. The fraction of sp³-hybridized carbons (Fsp3) is 0.200. The van der Waals surface area contributed by atoms with Crippen molar-refractivity contribution in [2.24, 2.45) is 0 Å². The summed E-state index contributed by atoms with van der Waals surface area (Å²) in [6, 6.07) is 5.26. The molecule has 2 aromatic rings. The molecule has 0 bridgehead atoms. The normalized spacial score (nSPS) is 12.5. The van der Waals surface area contributed by atoms with Crippen LogP contribution in [-0.2, 0) is 17.3 Å². The van der Waals surface area contributed by atoms with Crippen LogP contribution in [0.1, 0.15) is 0 Å². The lowest BCUT2D eigenvalue weighted by atomic mass is 10.4. The molecule has 2 aromatic heterocycles. The molecule has 0 aliphatic heterocycles. The molecule has 5 nitrogen and oxygen atoms in total. The quantitative estimate of drug-likeness (QED) is 0.846. The Morgan fingerprint density at radius 2 is 2.25 bits per heavy atom. The molecule has 16 heavy (non-hydrogen) atoms. The zero-order valence-corrected chi connectivity index (χ0v) is 9.43. The minimum atomic E-state index is -1.18. The minimum absolute atomic E-state index is 0.453. The summed E-state index contributed by atoms with van der Waals surface area (Å²) in [5.74, 6) is 0.461. The number of anilines is 1. The summed E-state index contributed by atoms with van der Waals surface area (Å²) in [5, 5.41) is 4.49. The summed E-state index contributed by atoms with van der Waals surface area (Å²) >= 11 is 0. The number of hydrogen-bond donors (Lipinski definition) is 1. The molecule has 0 aromatic carbocycles. The van der Waals surface area contributed by atoms with Crippen LogP contribution >= 0.6 is 0 Å². The van der Waals surface area contributed by atoms with Gasteiger partial charge in [0.25, 0.3) is 0 Å². The second-order valence-electron chi connectivity index (χ2n) is 3.22. The van der Waals surface area contributed by atoms with E-state index in [2.05, 4.69) is 10.1 Å². The highest BCUT2D eigenvalue weighted by atomic mass is 32.2. The van der Waals surface area contributed by atoms with Gasteiger partial charge in [-0.1, -0.05) is 0 Å². The molecule has 84 valence electrons. The van der Waals surface area contributed by atoms with Gasteiger partial charge in [0, 0.05) is 24.3 Å². The molecule has 0 fully saturated rings. The molecular formula is C10H12N4OS. The van der Waals surface area contributed by atoms with E-state index in [4.69, 9.17) is 5.73 Å². The summed E-state index contributed by atoms with van der Waals surface area (Å²) in [4.78, 5) is 4.02. The minimum Gasteiger partial charge on any atom is -0.396 e. The van der Waals surface area contributed by atoms with E-state index in [1.54, 1.807) is 29.2 Å². The Bertz CT molecular complexity index is 483. The largest absolute Gasteiger partial charge is 0.396 e. The summed E-state index contributed by atoms with van der Waals surface area (Å²) in [5.41, 5.74) is 6.17. The van der Waals surface area contributed by atoms with Crippen LogP contribution in [0.5, 0.6) is 0 Å². The SMILES string of the molecule is Nc1cccnc1S(=O)CCn1cccn1. The number of nitrogens with two attached hydrogens (primary N) is 1. The van der Waals surface area contributed by atoms with E-state index < -0.39 is 10.8 Å². The fourth-order valence-electron chi connectivity index (χ4n) is 1.30. The average Bonchev–Trinajstić information content (AvgIpc) is 2.79. The Morgan fingerprint density at radius 3 is 2.94 bits per heavy atom. The average molecular weight is 236 g/mol. The summed E-state index contributed by atoms with van der Waals surface area (Å²) in [6.07, 6.45) is 5.12. The van der Waals surface area contributed by atoms with Crippen molar-refractivity contribution < 1.29 is 4.21 Å². The second-order valence-corrected chi connectivity index (χ2v) is 4.70. The second kappa shape index (κ2) is 4.89. The van der Waals surface area contributed by atoms with E-state index in [-0.39, 0.29) is 0 Å². The Hall–Kier alpha value is -1.69. The van der Waals surface area contributed by atoms with Crippen LogP contribution in [-0.4, -0.2) is 24.7 Å². The lowest BCUT2D eigenvalue weighted by molar-refractivity contribution is 0.642. The van der Waals surface area contributed by atoms with Crippen molar-refractivity contribution in [1.29, 1.82) is 0 Å². The highest BCUT2D eigenvalue weighted by molar-refractivity contribution is 7.85. The van der Waals surface area contributed by atoms with Gasteiger partial charge in [-0.3, -0.25) is 8.89 Å². The van der Waals surface area contributed by atoms with E-state index >= 15 is 0 Å². The van der Waals surface area contributed by atoms with Crippen LogP contribution < -0.4 is 5.73 Å². The van der Waals surface area contributed by atoms with Gasteiger partial charge < -0.3 is 5.73 Å². The van der Waals surface area contributed by atoms with Crippen LogP contribution in [0.15, 0.2) is 41.8 Å². The van der Waals surface area contributed by atoms with Crippen LogP contribution in [0.3, 0.4) is 0 Å². The molecule has 1 atom stereocenters. The van der Waals surface area contributed by atoms with Gasteiger partial charge in [0.15, 0.2) is 0 Å². The number of pyridine rings is 1. The van der Waals surface area contributed by atoms with Crippen LogP contribution in [0.4, 0.5) is 5.69 Å². The number of aryl methyl sites for hydroxylation is 1. The lowest BCUT2D eigenvalue weighted by Crippen LogP contribution is -2.10. The highest BCUT2D eigenvalue weighted by Gasteiger charge is 2.08. The first-order chi connectivity index (χ1) is 7.77. The third-order valence-electron chi connectivity index (χ3n) is 2.08. The van der Waals surface area contributed by atoms with Crippen LogP contribution in [0, 0.1) is 0 Å². The zero-order valence-electron chi connectivity index (χ0n) is 8.61. The zero-order chi connectivity index (χ0) is 11.4. The predicted octanol–water partition coefficient (Wildman–Crippen LogP) is 0.668. The molecule has 0 saturated heterocycles. The van der Waals surface area contributed by atoms with Crippen molar-refractivity contribution in [2.45, 2.75) is 11.6 Å². The van der Waals surface area contributed by atoms with Crippen LogP contribution in [0.25, 0.3) is 0 Å². The molecule has 2 heterocycles. The molecule has 0 radical (unpaired) electrons. The molecule has 0 spiro atoms. The number of hydrogen-bond acceptors (Lipinski definition) is 4. The van der Waals surface area contributed by atoms with Crippen LogP contribution in [0.2, 0.25) is 0 Å². The molecule has 0 amide bonds. The van der Waals surface area contributed by atoms with Crippen molar-refractivity contribution >= 4 is 16.5 Å². The fourth-order valence-corrected chi connectivity index (χ4v) is 2.35. The van der Waals surface area contributed by atoms with Gasteiger partial charge in [-0.15, -0.1) is 0 Å². The van der Waals surface area contributed by atoms with Gasteiger partial charge in [0.1, 0.15) is 5.03 Å². The van der Waals surface area contributed by atoms with E-state index in [9.17, 15) is 4.21 Å². The first kappa shape index (κ1) is 10.8. The molecule has 1 unspecified atom stereocenters. The maximum Gasteiger partial charge on any atom is 0.150 e. The maximum atomic E-state index is 11.9. The van der Waals surface area contributed by atoms with E-state index in [1.165, 1.54) is 0 Å². The van der Waals surface area contributed by atoms with E-state index in [0.29, 0.717) is 23.0 Å². The Morgan fingerprint density at radius 1 is 1.38 bits per heavy atom. The molecule has 2 rings (SSSR count). The smallest absolute Gasteiger partial charge is 0.150 e. The van der Waals surface area contributed by atoms with Gasteiger partial charge >= 0.3 is 0 Å². The maximum absolute atomic E-state index is 11.9. The summed E-state index contributed by atoms with van der Waals surface area (Å²) in [7, 11) is -1.18. The van der Waals surface area contributed by atoms with Gasteiger partial charge in [0.05, 0.1) is 23.0 Å². The summed E-state index contributed by atoms with van der Waals surface area (Å²) in [6.45, 7) is 0.593. The number of rotatable bonds is 4. The van der Waals surface area contributed by atoms with Crippen molar-refractivity contribution in [1.82, 2.24) is 14.8 Å². The van der Waals surface area contributed by atoms with Crippen molar-refractivity contribution in [3.63, 3.8) is 0 Å². The summed E-state index contributed by atoms with van der Waals surface area (Å²) < 4.78 is 13.6. The van der Waals surface area contributed by atoms with Crippen molar-refractivity contribution in [2.75, 3.05) is 11.5 Å².